The minimum atomic E-state index is -0.0249. The molecule has 0 aliphatic heterocycles. The molecule has 0 unspecified atom stereocenters. The Labute approximate surface area is 127 Å². The van der Waals surface area contributed by atoms with Gasteiger partial charge < -0.3 is 21.1 Å². The number of nitrogens with two attached hydrogens (primary N) is 1. The molecule has 5 nitrogen and oxygen atoms in total. The number of unbranched alkanes of at least 4 members (excludes halogenated alkanes) is 1. The number of anilines is 2. The van der Waals surface area contributed by atoms with Gasteiger partial charge in [-0.3, -0.25) is 4.79 Å². The molecule has 0 spiro atoms. The highest BCUT2D eigenvalue weighted by atomic mass is 16.3. The summed E-state index contributed by atoms with van der Waals surface area (Å²) in [6.07, 6.45) is 2.60. The second-order valence-electron chi connectivity index (χ2n) is 5.29. The van der Waals surface area contributed by atoms with E-state index in [4.69, 9.17) is 10.8 Å². The minimum Gasteiger partial charge on any atom is -0.399 e. The number of carbonyl (C=O) groups excluding carboxylic acids is 1. The molecular weight excluding hydrogens is 266 g/mol. The number of hydrogen-bond donors (Lipinski definition) is 3. The monoisotopic (exact) mass is 293 g/mol. The number of hydrogen-bond acceptors (Lipinski definition) is 4. The van der Waals surface area contributed by atoms with Crippen LogP contribution in [0.2, 0.25) is 0 Å². The molecule has 0 saturated heterocycles. The first-order valence-electron chi connectivity index (χ1n) is 7.56. The van der Waals surface area contributed by atoms with Gasteiger partial charge in [-0.15, -0.1) is 0 Å². The van der Waals surface area contributed by atoms with E-state index in [1.54, 1.807) is 6.07 Å². The smallest absolute Gasteiger partial charge is 0.225 e. The zero-order chi connectivity index (χ0) is 15.7. The van der Waals surface area contributed by atoms with Gasteiger partial charge in [-0.1, -0.05) is 19.4 Å². The van der Waals surface area contributed by atoms with Crippen LogP contribution in [-0.4, -0.2) is 42.2 Å². The average molecular weight is 293 g/mol. The predicted molar refractivity (Wildman–Crippen MR) is 87.3 cm³/mol. The number of aliphatic hydroxyl groups is 1. The molecular formula is C16H27N3O2. The lowest BCUT2D eigenvalue weighted by Crippen LogP contribution is -2.31. The Kier molecular flexibility index (Phi) is 7.79. The summed E-state index contributed by atoms with van der Waals surface area (Å²) in [5.74, 6) is -0.0249. The van der Waals surface area contributed by atoms with Gasteiger partial charge in [0.05, 0.1) is 6.61 Å². The summed E-state index contributed by atoms with van der Waals surface area (Å²) < 4.78 is 0. The lowest BCUT2D eigenvalue weighted by Gasteiger charge is -2.20. The van der Waals surface area contributed by atoms with E-state index < -0.39 is 0 Å². The van der Waals surface area contributed by atoms with Crippen molar-refractivity contribution in [1.29, 1.82) is 0 Å². The molecule has 0 atom stereocenters. The number of nitrogens with one attached hydrogen (secondary N) is 1. The standard InChI is InChI=1S/C16H27N3O2/c1-3-4-8-19(10-11-20)9-7-16(21)18-15-12-14(17)6-5-13(15)2/h5-6,12,20H,3-4,7-11,17H2,1-2H3,(H,18,21). The molecule has 0 aliphatic rings. The summed E-state index contributed by atoms with van der Waals surface area (Å²) in [6, 6.07) is 5.48. The van der Waals surface area contributed by atoms with Crippen LogP contribution in [0, 0.1) is 6.92 Å². The fourth-order valence-electron chi connectivity index (χ4n) is 2.11. The first-order chi connectivity index (χ1) is 10.1. The van der Waals surface area contributed by atoms with Crippen LogP contribution in [-0.2, 0) is 4.79 Å². The predicted octanol–water partition coefficient (Wildman–Crippen LogP) is 2.00. The topological polar surface area (TPSA) is 78.6 Å². The Morgan fingerprint density at radius 1 is 1.33 bits per heavy atom. The van der Waals surface area contributed by atoms with Crippen LogP contribution in [0.4, 0.5) is 11.4 Å². The summed E-state index contributed by atoms with van der Waals surface area (Å²) in [7, 11) is 0. The third-order valence-electron chi connectivity index (χ3n) is 3.43. The number of rotatable bonds is 9. The summed E-state index contributed by atoms with van der Waals surface area (Å²) >= 11 is 0. The van der Waals surface area contributed by atoms with Gasteiger partial charge in [0, 0.05) is 30.9 Å². The Morgan fingerprint density at radius 3 is 2.76 bits per heavy atom. The Bertz CT molecular complexity index is 449. The van der Waals surface area contributed by atoms with Crippen molar-refractivity contribution in [3.05, 3.63) is 23.8 Å². The number of nitrogen functional groups attached to an aromatic ring is 1. The van der Waals surface area contributed by atoms with E-state index in [9.17, 15) is 4.79 Å². The highest BCUT2D eigenvalue weighted by molar-refractivity contribution is 5.92. The zero-order valence-corrected chi connectivity index (χ0v) is 13.1. The SMILES string of the molecule is CCCCN(CCO)CCC(=O)Nc1cc(N)ccc1C. The third kappa shape index (κ3) is 6.60. The van der Waals surface area contributed by atoms with Crippen molar-refractivity contribution >= 4 is 17.3 Å². The van der Waals surface area contributed by atoms with Crippen LogP contribution < -0.4 is 11.1 Å². The van der Waals surface area contributed by atoms with Crippen LogP contribution in [0.1, 0.15) is 31.7 Å². The van der Waals surface area contributed by atoms with E-state index in [2.05, 4.69) is 17.1 Å². The van der Waals surface area contributed by atoms with Crippen molar-refractivity contribution in [2.45, 2.75) is 33.1 Å². The third-order valence-corrected chi connectivity index (χ3v) is 3.43. The molecule has 0 fully saturated rings. The van der Waals surface area contributed by atoms with Gasteiger partial charge in [0.2, 0.25) is 5.91 Å². The van der Waals surface area contributed by atoms with E-state index in [0.29, 0.717) is 25.2 Å². The number of nitrogens with zero attached hydrogens (tertiary/aromatic N) is 1. The van der Waals surface area contributed by atoms with Crippen molar-refractivity contribution in [3.63, 3.8) is 0 Å². The first-order valence-corrected chi connectivity index (χ1v) is 7.56. The Balaban J connectivity index is 2.46. The number of aliphatic hydroxyl groups excluding tert-OH is 1. The average Bonchev–Trinajstić information content (AvgIpc) is 2.46. The maximum atomic E-state index is 12.0. The van der Waals surface area contributed by atoms with Gasteiger partial charge in [0.15, 0.2) is 0 Å². The molecule has 0 aromatic heterocycles. The first kappa shape index (κ1) is 17.5. The van der Waals surface area contributed by atoms with Crippen molar-refractivity contribution in [1.82, 2.24) is 4.90 Å². The maximum Gasteiger partial charge on any atom is 0.225 e. The fourth-order valence-corrected chi connectivity index (χ4v) is 2.11. The van der Waals surface area contributed by atoms with E-state index in [0.717, 1.165) is 30.6 Å². The molecule has 0 bridgehead atoms. The number of amides is 1. The van der Waals surface area contributed by atoms with E-state index in [1.165, 1.54) is 0 Å². The highest BCUT2D eigenvalue weighted by Crippen LogP contribution is 2.18. The summed E-state index contributed by atoms with van der Waals surface area (Å²) in [5, 5.41) is 11.9. The van der Waals surface area contributed by atoms with E-state index in [1.807, 2.05) is 19.1 Å². The Morgan fingerprint density at radius 2 is 2.10 bits per heavy atom. The molecule has 1 rings (SSSR count). The largest absolute Gasteiger partial charge is 0.399 e. The van der Waals surface area contributed by atoms with Crippen LogP contribution in [0.5, 0.6) is 0 Å². The van der Waals surface area contributed by atoms with Crippen LogP contribution in [0.3, 0.4) is 0 Å². The number of benzene rings is 1. The highest BCUT2D eigenvalue weighted by Gasteiger charge is 2.09. The second-order valence-corrected chi connectivity index (χ2v) is 5.29. The number of carbonyl (C=O) groups is 1. The molecule has 1 amide bonds. The van der Waals surface area contributed by atoms with Crippen LogP contribution in [0.15, 0.2) is 18.2 Å². The van der Waals surface area contributed by atoms with Crippen molar-refractivity contribution in [2.24, 2.45) is 0 Å². The molecule has 4 N–H and O–H groups in total. The van der Waals surface area contributed by atoms with Gasteiger partial charge in [-0.05, 0) is 37.6 Å². The van der Waals surface area contributed by atoms with Gasteiger partial charge in [-0.2, -0.15) is 0 Å². The summed E-state index contributed by atoms with van der Waals surface area (Å²) in [6.45, 7) is 6.39. The molecule has 0 saturated carbocycles. The van der Waals surface area contributed by atoms with Crippen LogP contribution >= 0.6 is 0 Å². The van der Waals surface area contributed by atoms with Gasteiger partial charge in [0.25, 0.3) is 0 Å². The van der Waals surface area contributed by atoms with Gasteiger partial charge in [0.1, 0.15) is 0 Å². The van der Waals surface area contributed by atoms with Gasteiger partial charge >= 0.3 is 0 Å². The second kappa shape index (κ2) is 9.37. The van der Waals surface area contributed by atoms with Gasteiger partial charge in [-0.25, -0.2) is 0 Å². The zero-order valence-electron chi connectivity index (χ0n) is 13.1. The lowest BCUT2D eigenvalue weighted by atomic mass is 10.2. The molecule has 0 radical (unpaired) electrons. The Hall–Kier alpha value is -1.59. The van der Waals surface area contributed by atoms with E-state index >= 15 is 0 Å². The maximum absolute atomic E-state index is 12.0. The van der Waals surface area contributed by atoms with Crippen LogP contribution in [0.25, 0.3) is 0 Å². The number of aryl methyl sites for hydroxylation is 1. The van der Waals surface area contributed by atoms with Crippen molar-refractivity contribution < 1.29 is 9.90 Å². The quantitative estimate of drug-likeness (QED) is 0.609. The molecule has 118 valence electrons. The molecule has 5 heteroatoms. The molecule has 21 heavy (non-hydrogen) atoms. The molecule has 0 heterocycles. The summed E-state index contributed by atoms with van der Waals surface area (Å²) in [5.41, 5.74) is 8.13. The van der Waals surface area contributed by atoms with Crippen molar-refractivity contribution in [3.8, 4) is 0 Å². The van der Waals surface area contributed by atoms with E-state index in [-0.39, 0.29) is 12.5 Å². The molecule has 0 aliphatic carbocycles. The summed E-state index contributed by atoms with van der Waals surface area (Å²) in [4.78, 5) is 14.1. The molecule has 1 aromatic carbocycles. The molecule has 1 aromatic rings. The van der Waals surface area contributed by atoms with Crippen molar-refractivity contribution in [2.75, 3.05) is 37.3 Å². The minimum absolute atomic E-state index is 0.0249. The lowest BCUT2D eigenvalue weighted by molar-refractivity contribution is -0.116. The fraction of sp³-hybridized carbons (Fsp3) is 0.562. The normalized spacial score (nSPS) is 10.9.